The van der Waals surface area contributed by atoms with Crippen molar-refractivity contribution in [2.24, 2.45) is 0 Å². The van der Waals surface area contributed by atoms with E-state index in [9.17, 15) is 9.90 Å². The molecule has 0 aliphatic carbocycles. The van der Waals surface area contributed by atoms with Gasteiger partial charge in [0, 0.05) is 11.9 Å². The number of hydrogen-bond donors (Lipinski definition) is 0. The zero-order valence-corrected chi connectivity index (χ0v) is 12.1. The predicted octanol–water partition coefficient (Wildman–Crippen LogP) is 2.94. The fourth-order valence-corrected chi connectivity index (χ4v) is 2.47. The first-order valence-corrected chi connectivity index (χ1v) is 6.83. The van der Waals surface area contributed by atoms with Gasteiger partial charge in [0.2, 0.25) is 0 Å². The van der Waals surface area contributed by atoms with Crippen molar-refractivity contribution in [3.05, 3.63) is 70.8 Å². The van der Waals surface area contributed by atoms with Gasteiger partial charge in [-0.1, -0.05) is 66.6 Å². The lowest BCUT2D eigenvalue weighted by Crippen LogP contribution is -2.32. The highest BCUT2D eigenvalue weighted by Gasteiger charge is 2.22. The van der Waals surface area contributed by atoms with Crippen LogP contribution in [0.4, 0.5) is 0 Å². The molecule has 0 aliphatic rings. The van der Waals surface area contributed by atoms with Gasteiger partial charge in [-0.15, -0.1) is 0 Å². The highest BCUT2D eigenvalue weighted by Crippen LogP contribution is 2.32. The zero-order valence-electron chi connectivity index (χ0n) is 12.1. The van der Waals surface area contributed by atoms with Gasteiger partial charge in [0.05, 0.1) is 0 Å². The molecule has 2 rings (SSSR count). The van der Waals surface area contributed by atoms with Crippen LogP contribution in [0.3, 0.4) is 0 Å². The van der Waals surface area contributed by atoms with Crippen LogP contribution in [0.2, 0.25) is 0 Å². The van der Waals surface area contributed by atoms with E-state index in [0.717, 1.165) is 16.7 Å². The Labute approximate surface area is 120 Å². The van der Waals surface area contributed by atoms with Crippen molar-refractivity contribution in [1.82, 2.24) is 0 Å². The Morgan fingerprint density at radius 1 is 0.850 bits per heavy atom. The molecule has 0 radical (unpaired) electrons. The minimum atomic E-state index is -1.03. The molecule has 20 heavy (non-hydrogen) atoms. The van der Waals surface area contributed by atoms with Gasteiger partial charge in [0.15, 0.2) is 0 Å². The second-order valence-electron chi connectivity index (χ2n) is 5.41. The lowest BCUT2D eigenvalue weighted by atomic mass is 9.82. The van der Waals surface area contributed by atoms with Crippen LogP contribution >= 0.6 is 0 Å². The molecule has 0 aliphatic heterocycles. The molecular weight excluding hydrogens is 248 g/mol. The third kappa shape index (κ3) is 3.08. The summed E-state index contributed by atoms with van der Waals surface area (Å²) >= 11 is 0. The van der Waals surface area contributed by atoms with Crippen molar-refractivity contribution in [2.45, 2.75) is 32.6 Å². The van der Waals surface area contributed by atoms with Crippen LogP contribution in [-0.4, -0.2) is 5.97 Å². The van der Waals surface area contributed by atoms with Crippen LogP contribution in [0.25, 0.3) is 0 Å². The summed E-state index contributed by atoms with van der Waals surface area (Å²) in [5.41, 5.74) is 4.10. The number of benzene rings is 2. The molecule has 104 valence electrons. The van der Waals surface area contributed by atoms with Gasteiger partial charge in [-0.05, 0) is 30.9 Å². The first-order valence-electron chi connectivity index (χ1n) is 6.83. The molecule has 0 saturated heterocycles. The first-order chi connectivity index (χ1) is 9.49. The van der Waals surface area contributed by atoms with Gasteiger partial charge < -0.3 is 9.90 Å². The van der Waals surface area contributed by atoms with Crippen molar-refractivity contribution in [3.8, 4) is 0 Å². The second kappa shape index (κ2) is 5.91. The van der Waals surface area contributed by atoms with Crippen molar-refractivity contribution >= 4 is 5.97 Å². The molecule has 0 heterocycles. The molecule has 2 unspecified atom stereocenters. The highest BCUT2D eigenvalue weighted by atomic mass is 16.4. The summed E-state index contributed by atoms with van der Waals surface area (Å²) in [5, 5.41) is 11.6. The lowest BCUT2D eigenvalue weighted by Gasteiger charge is -2.26. The van der Waals surface area contributed by atoms with Crippen molar-refractivity contribution in [1.29, 1.82) is 0 Å². The molecule has 2 nitrogen and oxygen atoms in total. The molecule has 2 heteroatoms. The molecule has 0 saturated carbocycles. The number of carboxylic acid groups (broad SMARTS) is 1. The Bertz CT molecular complexity index is 582. The normalized spacial score (nSPS) is 13.8. The fraction of sp³-hybridized carbons (Fsp3) is 0.278. The predicted molar refractivity (Wildman–Crippen MR) is 78.5 cm³/mol. The van der Waals surface area contributed by atoms with Gasteiger partial charge in [-0.3, -0.25) is 0 Å². The van der Waals surface area contributed by atoms with Gasteiger partial charge in [-0.25, -0.2) is 0 Å². The van der Waals surface area contributed by atoms with E-state index in [1.165, 1.54) is 5.56 Å². The van der Waals surface area contributed by atoms with E-state index in [1.807, 2.05) is 69.3 Å². The summed E-state index contributed by atoms with van der Waals surface area (Å²) in [6, 6.07) is 15.6. The van der Waals surface area contributed by atoms with E-state index in [0.29, 0.717) is 0 Å². The van der Waals surface area contributed by atoms with E-state index < -0.39 is 11.9 Å². The monoisotopic (exact) mass is 267 g/mol. The van der Waals surface area contributed by atoms with Gasteiger partial charge in [0.1, 0.15) is 0 Å². The van der Waals surface area contributed by atoms with Crippen LogP contribution in [0.1, 0.15) is 41.0 Å². The summed E-state index contributed by atoms with van der Waals surface area (Å²) < 4.78 is 0. The van der Waals surface area contributed by atoms with Crippen LogP contribution in [-0.2, 0) is 4.79 Å². The number of aliphatic carboxylic acids is 1. The highest BCUT2D eigenvalue weighted by molar-refractivity contribution is 5.75. The van der Waals surface area contributed by atoms with E-state index in [2.05, 4.69) is 0 Å². The number of carboxylic acids is 1. The summed E-state index contributed by atoms with van der Waals surface area (Å²) in [5.74, 6) is -1.77. The quantitative estimate of drug-likeness (QED) is 0.854. The molecule has 2 atom stereocenters. The average molecular weight is 267 g/mol. The maximum atomic E-state index is 11.6. The summed E-state index contributed by atoms with van der Waals surface area (Å²) in [6.45, 7) is 5.94. The summed E-state index contributed by atoms with van der Waals surface area (Å²) in [6.07, 6.45) is 0. The minimum Gasteiger partial charge on any atom is -0.549 e. The second-order valence-corrected chi connectivity index (χ2v) is 5.41. The van der Waals surface area contributed by atoms with Crippen LogP contribution < -0.4 is 5.11 Å². The number of rotatable bonds is 4. The SMILES string of the molecule is Cc1ccc(C(C)C(C(=O)[O-])c2ccc(C)cc2)cc1. The largest absolute Gasteiger partial charge is 0.549 e. The molecule has 2 aromatic carbocycles. The van der Waals surface area contributed by atoms with E-state index in [-0.39, 0.29) is 5.92 Å². The maximum absolute atomic E-state index is 11.6. The molecule has 0 bridgehead atoms. The Kier molecular flexibility index (Phi) is 4.23. The van der Waals surface area contributed by atoms with E-state index >= 15 is 0 Å². The maximum Gasteiger partial charge on any atom is 0.0495 e. The molecule has 2 aromatic rings. The Morgan fingerprint density at radius 3 is 1.65 bits per heavy atom. The molecule has 0 spiro atoms. The number of hydrogen-bond acceptors (Lipinski definition) is 2. The summed E-state index contributed by atoms with van der Waals surface area (Å²) in [7, 11) is 0. The topological polar surface area (TPSA) is 40.1 Å². The third-order valence-corrected chi connectivity index (χ3v) is 3.79. The van der Waals surface area contributed by atoms with E-state index in [4.69, 9.17) is 0 Å². The average Bonchev–Trinajstić information content (AvgIpc) is 2.41. The van der Waals surface area contributed by atoms with E-state index in [1.54, 1.807) is 0 Å². The molecule has 0 aromatic heterocycles. The Hall–Kier alpha value is -2.09. The van der Waals surface area contributed by atoms with Crippen molar-refractivity contribution in [3.63, 3.8) is 0 Å². The summed E-state index contributed by atoms with van der Waals surface area (Å²) in [4.78, 5) is 11.6. The van der Waals surface area contributed by atoms with Gasteiger partial charge >= 0.3 is 0 Å². The van der Waals surface area contributed by atoms with Crippen LogP contribution in [0.15, 0.2) is 48.5 Å². The number of aryl methyl sites for hydroxylation is 2. The van der Waals surface area contributed by atoms with Crippen molar-refractivity contribution in [2.75, 3.05) is 0 Å². The van der Waals surface area contributed by atoms with Gasteiger partial charge in [-0.2, -0.15) is 0 Å². The Morgan fingerprint density at radius 2 is 1.25 bits per heavy atom. The van der Waals surface area contributed by atoms with Crippen LogP contribution in [0.5, 0.6) is 0 Å². The number of carbonyl (C=O) groups excluding carboxylic acids is 1. The Balaban J connectivity index is 2.35. The van der Waals surface area contributed by atoms with Gasteiger partial charge in [0.25, 0.3) is 0 Å². The molecular formula is C18H19O2-. The van der Waals surface area contributed by atoms with Crippen molar-refractivity contribution < 1.29 is 9.90 Å². The smallest absolute Gasteiger partial charge is 0.0495 e. The fourth-order valence-electron chi connectivity index (χ4n) is 2.47. The number of carbonyl (C=O) groups is 1. The first kappa shape index (κ1) is 14.3. The standard InChI is InChI=1S/C18H20O2/c1-12-4-8-15(9-5-12)14(3)17(18(19)20)16-10-6-13(2)7-11-16/h4-11,14,17H,1-3H3,(H,19,20)/p-1. The minimum absolute atomic E-state index is 0.122. The molecule has 0 N–H and O–H groups in total. The molecule has 0 amide bonds. The molecule has 0 fully saturated rings. The lowest BCUT2D eigenvalue weighted by molar-refractivity contribution is -0.308. The zero-order chi connectivity index (χ0) is 14.7. The third-order valence-electron chi connectivity index (χ3n) is 3.79. The van der Waals surface area contributed by atoms with Crippen LogP contribution in [0, 0.1) is 13.8 Å².